The van der Waals surface area contributed by atoms with Gasteiger partial charge in [-0.25, -0.2) is 9.00 Å². The van der Waals surface area contributed by atoms with Crippen LogP contribution in [-0.2, 0) is 15.5 Å². The quantitative estimate of drug-likeness (QED) is 0.710. The van der Waals surface area contributed by atoms with E-state index in [-0.39, 0.29) is 17.9 Å². The summed E-state index contributed by atoms with van der Waals surface area (Å²) in [7, 11) is -1.53. The Labute approximate surface area is 189 Å². The predicted octanol–water partition coefficient (Wildman–Crippen LogP) is 2.75. The molecule has 0 aliphatic carbocycles. The molecule has 32 heavy (non-hydrogen) atoms. The lowest BCUT2D eigenvalue weighted by Gasteiger charge is -2.34. The molecule has 0 radical (unpaired) electrons. The number of anilines is 1. The van der Waals surface area contributed by atoms with Crippen molar-refractivity contribution < 1.29 is 23.3 Å². The van der Waals surface area contributed by atoms with Gasteiger partial charge in [0.2, 0.25) is 0 Å². The number of nitrogens with zero attached hydrogens (tertiary/aromatic N) is 3. The van der Waals surface area contributed by atoms with Crippen molar-refractivity contribution in [3.05, 3.63) is 53.6 Å². The predicted molar refractivity (Wildman–Crippen MR) is 119 cm³/mol. The van der Waals surface area contributed by atoms with Crippen LogP contribution >= 0.6 is 0 Å². The molecular formula is C23H25N3O5S. The van der Waals surface area contributed by atoms with Gasteiger partial charge in [0, 0.05) is 38.3 Å². The van der Waals surface area contributed by atoms with Gasteiger partial charge >= 0.3 is 6.09 Å². The minimum atomic E-state index is -1.53. The number of fused-ring (bicyclic) bond motifs is 2. The van der Waals surface area contributed by atoms with E-state index in [0.29, 0.717) is 65.9 Å². The van der Waals surface area contributed by atoms with E-state index >= 15 is 0 Å². The van der Waals surface area contributed by atoms with E-state index in [4.69, 9.17) is 4.74 Å². The van der Waals surface area contributed by atoms with Crippen molar-refractivity contribution in [2.75, 3.05) is 44.2 Å². The molecule has 3 amide bonds. The highest BCUT2D eigenvalue weighted by Gasteiger charge is 2.32. The largest absolute Gasteiger partial charge is 0.450 e. The summed E-state index contributed by atoms with van der Waals surface area (Å²) in [4.78, 5) is 44.0. The number of piperazine rings is 1. The molecule has 0 unspecified atom stereocenters. The summed E-state index contributed by atoms with van der Waals surface area (Å²) in [5, 5.41) is 0. The van der Waals surface area contributed by atoms with E-state index in [0.717, 1.165) is 0 Å². The third-order valence-corrected chi connectivity index (χ3v) is 7.17. The second-order valence-electron chi connectivity index (χ2n) is 7.47. The fraction of sp³-hybridized carbons (Fsp3) is 0.348. The Morgan fingerprint density at radius 3 is 2.34 bits per heavy atom. The van der Waals surface area contributed by atoms with Gasteiger partial charge in [0.25, 0.3) is 11.8 Å². The van der Waals surface area contributed by atoms with Crippen LogP contribution in [0.2, 0.25) is 0 Å². The number of carbonyl (C=O) groups is 3. The van der Waals surface area contributed by atoms with E-state index < -0.39 is 10.8 Å². The minimum absolute atomic E-state index is 0.188. The first-order chi connectivity index (χ1) is 15.5. The van der Waals surface area contributed by atoms with Gasteiger partial charge in [0.05, 0.1) is 38.4 Å². The van der Waals surface area contributed by atoms with Crippen molar-refractivity contribution in [3.8, 4) is 0 Å². The average molecular weight is 456 g/mol. The Morgan fingerprint density at radius 1 is 0.969 bits per heavy atom. The Hall–Kier alpha value is -3.20. The summed E-state index contributed by atoms with van der Waals surface area (Å²) in [5.74, 6) is -0.421. The molecule has 1 saturated heterocycles. The zero-order valence-corrected chi connectivity index (χ0v) is 18.9. The summed E-state index contributed by atoms with van der Waals surface area (Å²) >= 11 is 0. The summed E-state index contributed by atoms with van der Waals surface area (Å²) in [6.45, 7) is 5.87. The SMILES string of the molecule is CCOC(=O)N1CCN(C(=O)c2ccc3c(c2)N(CC)C(=O)c2ccccc2[S@]3=O)CC1. The van der Waals surface area contributed by atoms with Crippen molar-refractivity contribution in [1.82, 2.24) is 9.80 Å². The molecule has 2 aliphatic heterocycles. The van der Waals surface area contributed by atoms with E-state index in [1.54, 1.807) is 64.1 Å². The lowest BCUT2D eigenvalue weighted by atomic mass is 10.1. The van der Waals surface area contributed by atoms with E-state index in [9.17, 15) is 18.6 Å². The molecule has 1 atom stereocenters. The van der Waals surface area contributed by atoms with Crippen LogP contribution in [0.4, 0.5) is 10.5 Å². The van der Waals surface area contributed by atoms with Crippen LogP contribution in [0.1, 0.15) is 34.6 Å². The van der Waals surface area contributed by atoms with Gasteiger partial charge in [0.15, 0.2) is 0 Å². The first kappa shape index (κ1) is 22.0. The molecule has 168 valence electrons. The van der Waals surface area contributed by atoms with Crippen LogP contribution in [0.25, 0.3) is 0 Å². The Balaban J connectivity index is 1.61. The van der Waals surface area contributed by atoms with Crippen molar-refractivity contribution in [3.63, 3.8) is 0 Å². The maximum absolute atomic E-state index is 13.3. The third-order valence-electron chi connectivity index (χ3n) is 5.67. The molecule has 0 saturated carbocycles. The Bertz CT molecular complexity index is 1090. The number of hydrogen-bond donors (Lipinski definition) is 0. The summed E-state index contributed by atoms with van der Waals surface area (Å²) in [6, 6.07) is 11.9. The lowest BCUT2D eigenvalue weighted by Crippen LogP contribution is -2.50. The van der Waals surface area contributed by atoms with Crippen LogP contribution < -0.4 is 4.90 Å². The fourth-order valence-corrected chi connectivity index (χ4v) is 5.34. The number of carbonyl (C=O) groups excluding carboxylic acids is 3. The molecule has 2 aromatic rings. The molecule has 9 heteroatoms. The minimum Gasteiger partial charge on any atom is -0.450 e. The van der Waals surface area contributed by atoms with Gasteiger partial charge in [-0.2, -0.15) is 0 Å². The maximum Gasteiger partial charge on any atom is 0.409 e. The van der Waals surface area contributed by atoms with E-state index in [1.165, 1.54) is 0 Å². The van der Waals surface area contributed by atoms with Gasteiger partial charge in [-0.15, -0.1) is 0 Å². The molecule has 2 heterocycles. The van der Waals surface area contributed by atoms with Crippen molar-refractivity contribution in [2.45, 2.75) is 23.6 Å². The summed E-state index contributed by atoms with van der Waals surface area (Å²) in [5.41, 5.74) is 1.32. The lowest BCUT2D eigenvalue weighted by molar-refractivity contribution is 0.0570. The van der Waals surface area contributed by atoms with Crippen molar-refractivity contribution in [2.24, 2.45) is 0 Å². The molecule has 0 bridgehead atoms. The molecule has 0 N–H and O–H groups in total. The highest BCUT2D eigenvalue weighted by molar-refractivity contribution is 7.85. The van der Waals surface area contributed by atoms with Gasteiger partial charge in [0.1, 0.15) is 0 Å². The number of hydrogen-bond acceptors (Lipinski definition) is 5. The molecule has 8 nitrogen and oxygen atoms in total. The summed E-state index contributed by atoms with van der Waals surface area (Å²) < 4.78 is 18.3. The van der Waals surface area contributed by atoms with Crippen molar-refractivity contribution >= 4 is 34.4 Å². The van der Waals surface area contributed by atoms with E-state index in [2.05, 4.69) is 0 Å². The zero-order chi connectivity index (χ0) is 22.8. The highest BCUT2D eigenvalue weighted by atomic mass is 32.2. The molecule has 4 rings (SSSR count). The molecule has 2 aromatic carbocycles. The number of ether oxygens (including phenoxy) is 1. The average Bonchev–Trinajstić information content (AvgIpc) is 2.91. The fourth-order valence-electron chi connectivity index (χ4n) is 4.00. The third kappa shape index (κ3) is 3.88. The second-order valence-corrected chi connectivity index (χ2v) is 8.89. The number of amides is 3. The van der Waals surface area contributed by atoms with E-state index in [1.807, 2.05) is 6.92 Å². The van der Waals surface area contributed by atoms with Crippen molar-refractivity contribution in [1.29, 1.82) is 0 Å². The maximum atomic E-state index is 13.3. The normalized spacial score (nSPS) is 18.0. The number of rotatable bonds is 3. The van der Waals surface area contributed by atoms with Gasteiger partial charge in [-0.3, -0.25) is 9.59 Å². The number of benzene rings is 2. The van der Waals surface area contributed by atoms with Crippen LogP contribution in [0, 0.1) is 0 Å². The van der Waals surface area contributed by atoms with Gasteiger partial charge < -0.3 is 19.4 Å². The molecule has 2 aliphatic rings. The standard InChI is InChI=1S/C23H25N3O5S/c1-3-26-18-15-16(21(27)24-11-13-25(14-12-24)23(29)31-4-2)9-10-20(18)32(30)19-8-6-5-7-17(19)22(26)28/h5-10,15H,3-4,11-14H2,1-2H3/t32-/m1/s1. The van der Waals surface area contributed by atoms with Gasteiger partial charge in [-0.1, -0.05) is 12.1 Å². The zero-order valence-electron chi connectivity index (χ0n) is 18.1. The smallest absolute Gasteiger partial charge is 0.409 e. The molecular weight excluding hydrogens is 430 g/mol. The van der Waals surface area contributed by atoms with Crippen LogP contribution in [0.5, 0.6) is 0 Å². The monoisotopic (exact) mass is 455 g/mol. The molecule has 1 fully saturated rings. The van der Waals surface area contributed by atoms with Gasteiger partial charge in [-0.05, 0) is 44.2 Å². The molecule has 0 spiro atoms. The Morgan fingerprint density at radius 2 is 1.66 bits per heavy atom. The topological polar surface area (TPSA) is 87.2 Å². The first-order valence-corrected chi connectivity index (χ1v) is 11.8. The Kier molecular flexibility index (Phi) is 6.27. The summed E-state index contributed by atoms with van der Waals surface area (Å²) in [6.07, 6.45) is -0.372. The van der Waals surface area contributed by atoms with Crippen LogP contribution in [0.3, 0.4) is 0 Å². The first-order valence-electron chi connectivity index (χ1n) is 10.6. The van der Waals surface area contributed by atoms with Crippen LogP contribution in [-0.4, -0.2) is 71.2 Å². The second kappa shape index (κ2) is 9.12. The highest BCUT2D eigenvalue weighted by Crippen LogP contribution is 2.35. The van der Waals surface area contributed by atoms with Crippen LogP contribution in [0.15, 0.2) is 52.3 Å². The molecule has 0 aromatic heterocycles.